The van der Waals surface area contributed by atoms with Crippen molar-refractivity contribution in [1.82, 2.24) is 4.90 Å². The summed E-state index contributed by atoms with van der Waals surface area (Å²) in [6, 6.07) is 11.8. The van der Waals surface area contributed by atoms with E-state index in [1.165, 1.54) is 57.3 Å². The zero-order valence-corrected chi connectivity index (χ0v) is 21.4. The van der Waals surface area contributed by atoms with Crippen molar-refractivity contribution in [2.45, 2.75) is 63.7 Å². The zero-order valence-electron chi connectivity index (χ0n) is 19.9. The van der Waals surface area contributed by atoms with Crippen LogP contribution in [0.4, 0.5) is 0 Å². The van der Waals surface area contributed by atoms with Gasteiger partial charge in [0.15, 0.2) is 5.78 Å². The third-order valence-corrected chi connectivity index (χ3v) is 8.88. The van der Waals surface area contributed by atoms with E-state index in [9.17, 15) is 4.79 Å². The Bertz CT molecular complexity index is 1010. The summed E-state index contributed by atoms with van der Waals surface area (Å²) >= 11 is 12.2. The summed E-state index contributed by atoms with van der Waals surface area (Å²) in [5.74, 6) is 3.26. The Morgan fingerprint density at radius 1 is 0.971 bits per heavy atom. The van der Waals surface area contributed by atoms with Crippen LogP contribution < -0.4 is 4.74 Å². The number of hydrogen-bond donors (Lipinski definition) is 0. The van der Waals surface area contributed by atoms with Gasteiger partial charge in [0.1, 0.15) is 5.75 Å². The molecule has 2 aliphatic heterocycles. The van der Waals surface area contributed by atoms with Crippen LogP contribution in [-0.2, 0) is 6.42 Å². The van der Waals surface area contributed by atoms with Gasteiger partial charge in [0.2, 0.25) is 0 Å². The molecule has 2 fully saturated rings. The molecule has 3 nitrogen and oxygen atoms in total. The second-order valence-corrected chi connectivity index (χ2v) is 11.3. The molecule has 0 radical (unpaired) electrons. The van der Waals surface area contributed by atoms with Gasteiger partial charge in [0.25, 0.3) is 0 Å². The maximum atomic E-state index is 12.7. The average molecular weight is 501 g/mol. The highest BCUT2D eigenvalue weighted by molar-refractivity contribution is 6.36. The molecule has 0 N–H and O–H groups in total. The van der Waals surface area contributed by atoms with E-state index in [1.54, 1.807) is 23.8 Å². The molecular formula is C29H35Cl2NO2. The van der Waals surface area contributed by atoms with Crippen LogP contribution in [0.25, 0.3) is 0 Å². The maximum Gasteiger partial charge on any atom is 0.164 e. The standard InChI is InChI=1S/C29H35Cl2NO2/c30-23-8-9-26(27(31)19-23)28(33)18-21-6-4-20(5-7-21)10-14-32-15-11-22(12-16-32)24-2-1-3-29-25(24)13-17-34-29/h1-3,8-9,19-22H,4-7,10-18H2. The second-order valence-electron chi connectivity index (χ2n) is 10.5. The van der Waals surface area contributed by atoms with Crippen LogP contribution in [0.1, 0.15) is 78.8 Å². The van der Waals surface area contributed by atoms with E-state index in [4.69, 9.17) is 27.9 Å². The number of Topliss-reactive ketones (excluding diaryl/α,β-unsaturated/α-hetero) is 1. The minimum Gasteiger partial charge on any atom is -0.493 e. The van der Waals surface area contributed by atoms with Gasteiger partial charge in [-0.2, -0.15) is 0 Å². The van der Waals surface area contributed by atoms with Gasteiger partial charge in [-0.25, -0.2) is 0 Å². The van der Waals surface area contributed by atoms with Crippen LogP contribution in [0.3, 0.4) is 0 Å². The number of carbonyl (C=O) groups excluding carboxylic acids is 1. The largest absolute Gasteiger partial charge is 0.493 e. The molecule has 2 aromatic carbocycles. The summed E-state index contributed by atoms with van der Waals surface area (Å²) in [5, 5.41) is 1.05. The fourth-order valence-electron chi connectivity index (χ4n) is 6.28. The van der Waals surface area contributed by atoms with Gasteiger partial charge >= 0.3 is 0 Å². The van der Waals surface area contributed by atoms with Crippen LogP contribution in [0, 0.1) is 11.8 Å². The number of ether oxygens (including phenoxy) is 1. The predicted molar refractivity (Wildman–Crippen MR) is 140 cm³/mol. The molecule has 0 bridgehead atoms. The van der Waals surface area contributed by atoms with E-state index >= 15 is 0 Å². The molecule has 0 atom stereocenters. The van der Waals surface area contributed by atoms with Crippen LogP contribution in [0.5, 0.6) is 5.75 Å². The number of carbonyl (C=O) groups is 1. The summed E-state index contributed by atoms with van der Waals surface area (Å²) in [6.07, 6.45) is 10.3. The first-order valence-corrected chi connectivity index (χ1v) is 13.8. The molecule has 3 aliphatic rings. The van der Waals surface area contributed by atoms with Gasteiger partial charge < -0.3 is 9.64 Å². The van der Waals surface area contributed by atoms with E-state index in [0.717, 1.165) is 37.5 Å². The first kappa shape index (κ1) is 24.2. The van der Waals surface area contributed by atoms with Gasteiger partial charge in [-0.3, -0.25) is 4.79 Å². The molecule has 2 heterocycles. The summed E-state index contributed by atoms with van der Waals surface area (Å²) in [5.41, 5.74) is 3.63. The highest BCUT2D eigenvalue weighted by Crippen LogP contribution is 2.38. The molecule has 1 aliphatic carbocycles. The van der Waals surface area contributed by atoms with E-state index in [2.05, 4.69) is 23.1 Å². The first-order valence-electron chi connectivity index (χ1n) is 13.0. The normalized spacial score (nSPS) is 23.5. The number of nitrogens with zero attached hydrogens (tertiary/aromatic N) is 1. The molecule has 5 rings (SSSR count). The number of likely N-dealkylation sites (tertiary alicyclic amines) is 1. The molecule has 0 amide bonds. The molecule has 34 heavy (non-hydrogen) atoms. The zero-order chi connectivity index (χ0) is 23.5. The SMILES string of the molecule is O=C(CC1CCC(CCN2CCC(c3cccc4c3CCO4)CC2)CC1)c1ccc(Cl)cc1Cl. The Morgan fingerprint density at radius 2 is 1.74 bits per heavy atom. The highest BCUT2D eigenvalue weighted by atomic mass is 35.5. The first-order chi connectivity index (χ1) is 16.6. The molecule has 5 heteroatoms. The minimum atomic E-state index is 0.156. The number of halogens is 2. The molecule has 1 saturated heterocycles. The monoisotopic (exact) mass is 499 g/mol. The summed E-state index contributed by atoms with van der Waals surface area (Å²) < 4.78 is 5.78. The van der Waals surface area contributed by atoms with Crippen molar-refractivity contribution in [3.8, 4) is 5.75 Å². The molecule has 0 aromatic heterocycles. The molecule has 182 valence electrons. The van der Waals surface area contributed by atoms with Crippen molar-refractivity contribution in [2.75, 3.05) is 26.2 Å². The third kappa shape index (κ3) is 5.64. The fourth-order valence-corrected chi connectivity index (χ4v) is 6.79. The van der Waals surface area contributed by atoms with Gasteiger partial charge in [-0.05, 0) is 99.3 Å². The van der Waals surface area contributed by atoms with E-state index in [1.807, 2.05) is 0 Å². The fraction of sp³-hybridized carbons (Fsp3) is 0.552. The van der Waals surface area contributed by atoms with Crippen LogP contribution >= 0.6 is 23.2 Å². The third-order valence-electron chi connectivity index (χ3n) is 8.33. The Balaban J connectivity index is 1.03. The summed E-state index contributed by atoms with van der Waals surface area (Å²) in [4.78, 5) is 15.4. The quantitative estimate of drug-likeness (QED) is 0.367. The second kappa shape index (κ2) is 11.0. The number of benzene rings is 2. The number of ketones is 1. The molecular weight excluding hydrogens is 465 g/mol. The summed E-state index contributed by atoms with van der Waals surface area (Å²) in [6.45, 7) is 4.48. The van der Waals surface area contributed by atoms with Crippen molar-refractivity contribution >= 4 is 29.0 Å². The van der Waals surface area contributed by atoms with E-state index in [0.29, 0.717) is 33.9 Å². The van der Waals surface area contributed by atoms with E-state index in [-0.39, 0.29) is 5.78 Å². The van der Waals surface area contributed by atoms with Gasteiger partial charge in [0.05, 0.1) is 11.6 Å². The smallest absolute Gasteiger partial charge is 0.164 e. The molecule has 2 aromatic rings. The van der Waals surface area contributed by atoms with Gasteiger partial charge in [0, 0.05) is 29.0 Å². The van der Waals surface area contributed by atoms with Crippen LogP contribution in [0.15, 0.2) is 36.4 Å². The van der Waals surface area contributed by atoms with Gasteiger partial charge in [-0.1, -0.05) is 48.2 Å². The predicted octanol–water partition coefficient (Wildman–Crippen LogP) is 7.58. The van der Waals surface area contributed by atoms with E-state index < -0.39 is 0 Å². The topological polar surface area (TPSA) is 29.5 Å². The Labute approximate surface area is 213 Å². The van der Waals surface area contributed by atoms with Crippen molar-refractivity contribution in [3.05, 3.63) is 63.1 Å². The van der Waals surface area contributed by atoms with Crippen LogP contribution in [0.2, 0.25) is 10.0 Å². The van der Waals surface area contributed by atoms with Crippen molar-refractivity contribution in [3.63, 3.8) is 0 Å². The number of piperidine rings is 1. The van der Waals surface area contributed by atoms with Crippen molar-refractivity contribution < 1.29 is 9.53 Å². The lowest BCUT2D eigenvalue weighted by Gasteiger charge is -2.35. The minimum absolute atomic E-state index is 0.156. The lowest BCUT2D eigenvalue weighted by molar-refractivity contribution is 0.0939. The Hall–Kier alpha value is -1.55. The van der Waals surface area contributed by atoms with Crippen molar-refractivity contribution in [1.29, 1.82) is 0 Å². The number of rotatable bonds is 7. The maximum absolute atomic E-state index is 12.7. The lowest BCUT2D eigenvalue weighted by Crippen LogP contribution is -2.35. The van der Waals surface area contributed by atoms with Gasteiger partial charge in [-0.15, -0.1) is 0 Å². The highest BCUT2D eigenvalue weighted by Gasteiger charge is 2.27. The Kier molecular flexibility index (Phi) is 7.83. The van der Waals surface area contributed by atoms with Crippen molar-refractivity contribution in [2.24, 2.45) is 11.8 Å². The average Bonchev–Trinajstić information content (AvgIpc) is 3.33. The molecule has 1 saturated carbocycles. The number of hydrogen-bond acceptors (Lipinski definition) is 3. The summed E-state index contributed by atoms with van der Waals surface area (Å²) in [7, 11) is 0. The molecule has 0 unspecified atom stereocenters. The number of fused-ring (bicyclic) bond motifs is 1. The Morgan fingerprint density at radius 3 is 2.50 bits per heavy atom. The molecule has 0 spiro atoms. The van der Waals surface area contributed by atoms with Crippen LogP contribution in [-0.4, -0.2) is 36.9 Å². The lowest BCUT2D eigenvalue weighted by atomic mass is 9.78.